The molecule has 2 rings (SSSR count). The Kier molecular flexibility index (Phi) is 3.78. The zero-order chi connectivity index (χ0) is 13.1. The van der Waals surface area contributed by atoms with E-state index < -0.39 is 0 Å². The fraction of sp³-hybridized carbons (Fsp3) is 0.200. The van der Waals surface area contributed by atoms with Gasteiger partial charge in [0.2, 0.25) is 5.13 Å². The van der Waals surface area contributed by atoms with Gasteiger partial charge in [0.25, 0.3) is 5.69 Å². The molecule has 0 aliphatic rings. The number of anilines is 1. The van der Waals surface area contributed by atoms with Crippen LogP contribution in [-0.2, 0) is 5.75 Å². The molecule has 8 heteroatoms. The topological polar surface area (TPSA) is 94.9 Å². The van der Waals surface area contributed by atoms with Gasteiger partial charge in [-0.05, 0) is 12.5 Å². The smallest absolute Gasteiger partial charge is 0.272 e. The van der Waals surface area contributed by atoms with Crippen LogP contribution in [0.2, 0.25) is 0 Å². The summed E-state index contributed by atoms with van der Waals surface area (Å²) in [6.45, 7) is 1.75. The van der Waals surface area contributed by atoms with Crippen LogP contribution in [0.25, 0.3) is 0 Å². The van der Waals surface area contributed by atoms with Gasteiger partial charge in [-0.2, -0.15) is 0 Å². The summed E-state index contributed by atoms with van der Waals surface area (Å²) in [5, 5.41) is 18.8. The first-order chi connectivity index (χ1) is 8.58. The van der Waals surface area contributed by atoms with E-state index in [1.165, 1.54) is 29.2 Å². The van der Waals surface area contributed by atoms with E-state index in [-0.39, 0.29) is 10.6 Å². The van der Waals surface area contributed by atoms with Crippen LogP contribution in [0.1, 0.15) is 11.1 Å². The number of hydrogen-bond donors (Lipinski definition) is 1. The standard InChI is InChI=1S/C10H10N4O2S2/c1-6-7(3-2-4-8(6)14(15)16)5-17-10-13-12-9(11)18-10/h2-4H,5H2,1H3,(H2,11,12). The van der Waals surface area contributed by atoms with Gasteiger partial charge in [-0.15, -0.1) is 10.2 Å². The Balaban J connectivity index is 2.14. The van der Waals surface area contributed by atoms with Gasteiger partial charge in [0, 0.05) is 17.4 Å². The lowest BCUT2D eigenvalue weighted by atomic mass is 10.1. The summed E-state index contributed by atoms with van der Waals surface area (Å²) in [7, 11) is 0. The van der Waals surface area contributed by atoms with Crippen LogP contribution in [0.3, 0.4) is 0 Å². The van der Waals surface area contributed by atoms with Gasteiger partial charge in [0.05, 0.1) is 4.92 Å². The van der Waals surface area contributed by atoms with Crippen LogP contribution >= 0.6 is 23.1 Å². The van der Waals surface area contributed by atoms with Gasteiger partial charge in [-0.3, -0.25) is 10.1 Å². The Labute approximate surface area is 111 Å². The molecule has 1 aromatic heterocycles. The number of nitrogens with zero attached hydrogens (tertiary/aromatic N) is 3. The molecule has 0 saturated carbocycles. The molecule has 0 unspecified atom stereocenters. The van der Waals surface area contributed by atoms with Crippen molar-refractivity contribution in [1.82, 2.24) is 10.2 Å². The van der Waals surface area contributed by atoms with Crippen molar-refractivity contribution in [3.63, 3.8) is 0 Å². The number of nitro groups is 1. The third-order valence-electron chi connectivity index (χ3n) is 2.39. The average Bonchev–Trinajstić information content (AvgIpc) is 2.73. The van der Waals surface area contributed by atoms with E-state index in [4.69, 9.17) is 5.73 Å². The zero-order valence-electron chi connectivity index (χ0n) is 9.49. The van der Waals surface area contributed by atoms with Gasteiger partial charge >= 0.3 is 0 Å². The normalized spacial score (nSPS) is 10.5. The second-order valence-electron chi connectivity index (χ2n) is 3.51. The summed E-state index contributed by atoms with van der Waals surface area (Å²) >= 11 is 2.78. The van der Waals surface area contributed by atoms with E-state index in [9.17, 15) is 10.1 Å². The molecule has 6 nitrogen and oxygen atoms in total. The van der Waals surface area contributed by atoms with Crippen molar-refractivity contribution in [2.45, 2.75) is 17.0 Å². The second kappa shape index (κ2) is 5.32. The SMILES string of the molecule is Cc1c(CSc2nnc(N)s2)cccc1[N+](=O)[O-]. The van der Waals surface area contributed by atoms with Crippen molar-refractivity contribution in [1.29, 1.82) is 0 Å². The molecule has 94 valence electrons. The van der Waals surface area contributed by atoms with Crippen molar-refractivity contribution < 1.29 is 4.92 Å². The van der Waals surface area contributed by atoms with E-state index in [1.54, 1.807) is 13.0 Å². The molecule has 2 N–H and O–H groups in total. The minimum Gasteiger partial charge on any atom is -0.374 e. The highest BCUT2D eigenvalue weighted by Crippen LogP contribution is 2.30. The van der Waals surface area contributed by atoms with E-state index in [0.29, 0.717) is 16.4 Å². The van der Waals surface area contributed by atoms with Crippen LogP contribution in [0.5, 0.6) is 0 Å². The number of benzene rings is 1. The highest BCUT2D eigenvalue weighted by atomic mass is 32.2. The summed E-state index contributed by atoms with van der Waals surface area (Å²) in [4.78, 5) is 10.4. The Morgan fingerprint density at radius 2 is 2.28 bits per heavy atom. The maximum atomic E-state index is 10.8. The number of nitrogen functional groups attached to an aromatic ring is 1. The highest BCUT2D eigenvalue weighted by Gasteiger charge is 2.13. The monoisotopic (exact) mass is 282 g/mol. The lowest BCUT2D eigenvalue weighted by Gasteiger charge is -2.04. The maximum absolute atomic E-state index is 10.8. The first-order valence-electron chi connectivity index (χ1n) is 5.02. The number of nitro benzene ring substituents is 1. The molecule has 0 atom stereocenters. The molecule has 0 saturated heterocycles. The van der Waals surface area contributed by atoms with Crippen molar-refractivity contribution in [3.05, 3.63) is 39.4 Å². The summed E-state index contributed by atoms with van der Waals surface area (Å²) in [5.74, 6) is 0.613. The molecule has 0 radical (unpaired) electrons. The van der Waals surface area contributed by atoms with Gasteiger partial charge < -0.3 is 5.73 Å². The summed E-state index contributed by atoms with van der Waals surface area (Å²) in [5.41, 5.74) is 7.23. The quantitative estimate of drug-likeness (QED) is 0.526. The molecule has 1 aromatic carbocycles. The predicted molar refractivity (Wildman–Crippen MR) is 71.7 cm³/mol. The molecule has 0 spiro atoms. The molecule has 2 aromatic rings. The molecule has 0 aliphatic heterocycles. The van der Waals surface area contributed by atoms with Crippen molar-refractivity contribution in [3.8, 4) is 0 Å². The molecule has 1 heterocycles. The number of rotatable bonds is 4. The first kappa shape index (κ1) is 12.8. The molecular formula is C10H10N4O2S2. The van der Waals surface area contributed by atoms with Crippen LogP contribution in [0.4, 0.5) is 10.8 Å². The van der Waals surface area contributed by atoms with Crippen molar-refractivity contribution >= 4 is 33.9 Å². The molecule has 0 amide bonds. The number of nitrogens with two attached hydrogens (primary N) is 1. The van der Waals surface area contributed by atoms with Crippen LogP contribution in [0, 0.1) is 17.0 Å². The number of hydrogen-bond acceptors (Lipinski definition) is 7. The van der Waals surface area contributed by atoms with Crippen molar-refractivity contribution in [2.75, 3.05) is 5.73 Å². The Morgan fingerprint density at radius 3 is 2.89 bits per heavy atom. The van der Waals surface area contributed by atoms with Gasteiger partial charge in [0.15, 0.2) is 4.34 Å². The van der Waals surface area contributed by atoms with E-state index in [1.807, 2.05) is 6.07 Å². The third-order valence-corrected chi connectivity index (χ3v) is 4.32. The fourth-order valence-corrected chi connectivity index (χ4v) is 3.14. The molecular weight excluding hydrogens is 272 g/mol. The Morgan fingerprint density at radius 1 is 1.50 bits per heavy atom. The van der Waals surface area contributed by atoms with Crippen LogP contribution in [0.15, 0.2) is 22.5 Å². The van der Waals surface area contributed by atoms with E-state index in [0.717, 1.165) is 9.90 Å². The number of thioether (sulfide) groups is 1. The van der Waals surface area contributed by atoms with Crippen LogP contribution in [-0.4, -0.2) is 15.1 Å². The van der Waals surface area contributed by atoms with Gasteiger partial charge in [0.1, 0.15) is 0 Å². The van der Waals surface area contributed by atoms with Crippen molar-refractivity contribution in [2.24, 2.45) is 0 Å². The van der Waals surface area contributed by atoms with Crippen LogP contribution < -0.4 is 5.73 Å². The largest absolute Gasteiger partial charge is 0.374 e. The fourth-order valence-electron chi connectivity index (χ4n) is 1.44. The van der Waals surface area contributed by atoms with E-state index in [2.05, 4.69) is 10.2 Å². The third kappa shape index (κ3) is 2.77. The van der Waals surface area contributed by atoms with Gasteiger partial charge in [-0.1, -0.05) is 35.2 Å². The maximum Gasteiger partial charge on any atom is 0.272 e. The second-order valence-corrected chi connectivity index (χ2v) is 5.74. The van der Waals surface area contributed by atoms with Gasteiger partial charge in [-0.25, -0.2) is 0 Å². The molecule has 0 fully saturated rings. The lowest BCUT2D eigenvalue weighted by molar-refractivity contribution is -0.385. The lowest BCUT2D eigenvalue weighted by Crippen LogP contribution is -1.95. The average molecular weight is 282 g/mol. The molecule has 18 heavy (non-hydrogen) atoms. The zero-order valence-corrected chi connectivity index (χ0v) is 11.1. The minimum absolute atomic E-state index is 0.143. The molecule has 0 aliphatic carbocycles. The number of aromatic nitrogens is 2. The van der Waals surface area contributed by atoms with E-state index >= 15 is 0 Å². The highest BCUT2D eigenvalue weighted by molar-refractivity contribution is 8.00. The predicted octanol–water partition coefficient (Wildman–Crippen LogP) is 2.63. The Bertz CT molecular complexity index is 585. The minimum atomic E-state index is -0.369. The Hall–Kier alpha value is -1.67. The summed E-state index contributed by atoms with van der Waals surface area (Å²) in [6.07, 6.45) is 0. The molecule has 0 bridgehead atoms. The summed E-state index contributed by atoms with van der Waals surface area (Å²) in [6, 6.07) is 5.07. The summed E-state index contributed by atoms with van der Waals surface area (Å²) < 4.78 is 0.762. The first-order valence-corrected chi connectivity index (χ1v) is 6.83.